The number of rotatable bonds is 5. The van der Waals surface area contributed by atoms with E-state index in [0.717, 1.165) is 5.56 Å². The van der Waals surface area contributed by atoms with Gasteiger partial charge >= 0.3 is 7.12 Å². The summed E-state index contributed by atoms with van der Waals surface area (Å²) in [5, 5.41) is 18.0. The standard InChI is InChI=1S/C15H15BO3/c17-15(11-6-12-4-2-1-3-5-12)13-7-9-14(10-8-13)16(18)19/h1-5,7-10,18-19H,6,11H2. The SMILES string of the molecule is O=C(CCc1ccccc1)c1ccc(B(O)O)cc1. The molecule has 0 bridgehead atoms. The number of hydrogen-bond donors (Lipinski definition) is 2. The van der Waals surface area contributed by atoms with Gasteiger partial charge in [0.15, 0.2) is 5.78 Å². The Bertz CT molecular complexity index is 535. The Morgan fingerprint density at radius 3 is 2.16 bits per heavy atom. The molecule has 2 aromatic rings. The molecule has 0 unspecified atom stereocenters. The molecule has 2 aromatic carbocycles. The van der Waals surface area contributed by atoms with Crippen molar-refractivity contribution in [2.75, 3.05) is 0 Å². The Kier molecular flexibility index (Phi) is 4.50. The lowest BCUT2D eigenvalue weighted by Gasteiger charge is -2.03. The normalized spacial score (nSPS) is 10.2. The molecule has 96 valence electrons. The fourth-order valence-electron chi connectivity index (χ4n) is 1.89. The van der Waals surface area contributed by atoms with Crippen molar-refractivity contribution < 1.29 is 14.8 Å². The molecule has 0 saturated carbocycles. The number of Topliss-reactive ketones (excluding diaryl/α,β-unsaturated/α-hetero) is 1. The third-order valence-electron chi connectivity index (χ3n) is 3.01. The van der Waals surface area contributed by atoms with E-state index in [1.807, 2.05) is 30.3 Å². The number of carbonyl (C=O) groups is 1. The summed E-state index contributed by atoms with van der Waals surface area (Å²) >= 11 is 0. The van der Waals surface area contributed by atoms with Crippen molar-refractivity contribution >= 4 is 18.4 Å². The van der Waals surface area contributed by atoms with Crippen LogP contribution in [0.1, 0.15) is 22.3 Å². The summed E-state index contributed by atoms with van der Waals surface area (Å²) in [7, 11) is -1.49. The van der Waals surface area contributed by atoms with Crippen molar-refractivity contribution in [2.24, 2.45) is 0 Å². The minimum atomic E-state index is -1.49. The Labute approximate surface area is 112 Å². The molecule has 4 heteroatoms. The average molecular weight is 254 g/mol. The van der Waals surface area contributed by atoms with E-state index in [9.17, 15) is 4.79 Å². The minimum Gasteiger partial charge on any atom is -0.423 e. The van der Waals surface area contributed by atoms with Crippen molar-refractivity contribution in [1.29, 1.82) is 0 Å². The lowest BCUT2D eigenvalue weighted by Crippen LogP contribution is -2.29. The maximum absolute atomic E-state index is 12.0. The van der Waals surface area contributed by atoms with Crippen molar-refractivity contribution in [3.05, 3.63) is 65.7 Å². The van der Waals surface area contributed by atoms with Crippen LogP contribution in [0.3, 0.4) is 0 Å². The highest BCUT2D eigenvalue weighted by Gasteiger charge is 2.12. The maximum Gasteiger partial charge on any atom is 0.488 e. The first-order valence-electron chi connectivity index (χ1n) is 6.20. The Morgan fingerprint density at radius 1 is 0.947 bits per heavy atom. The summed E-state index contributed by atoms with van der Waals surface area (Å²) in [4.78, 5) is 12.0. The highest BCUT2D eigenvalue weighted by atomic mass is 16.4. The molecule has 19 heavy (non-hydrogen) atoms. The number of aryl methyl sites for hydroxylation is 1. The van der Waals surface area contributed by atoms with Gasteiger partial charge in [-0.05, 0) is 17.4 Å². The fourth-order valence-corrected chi connectivity index (χ4v) is 1.89. The van der Waals surface area contributed by atoms with Crippen LogP contribution in [0.5, 0.6) is 0 Å². The van der Waals surface area contributed by atoms with Gasteiger partial charge in [-0.15, -0.1) is 0 Å². The zero-order valence-electron chi connectivity index (χ0n) is 10.5. The van der Waals surface area contributed by atoms with E-state index in [2.05, 4.69) is 0 Å². The smallest absolute Gasteiger partial charge is 0.423 e. The zero-order valence-corrected chi connectivity index (χ0v) is 10.5. The molecule has 2 N–H and O–H groups in total. The number of ketones is 1. The van der Waals surface area contributed by atoms with Crippen molar-refractivity contribution in [2.45, 2.75) is 12.8 Å². The van der Waals surface area contributed by atoms with Gasteiger partial charge in [-0.2, -0.15) is 0 Å². The molecule has 3 nitrogen and oxygen atoms in total. The summed E-state index contributed by atoms with van der Waals surface area (Å²) in [6.45, 7) is 0. The largest absolute Gasteiger partial charge is 0.488 e. The minimum absolute atomic E-state index is 0.0582. The molecule has 0 amide bonds. The van der Waals surface area contributed by atoms with Gasteiger partial charge < -0.3 is 10.0 Å². The molecule has 0 fully saturated rings. The van der Waals surface area contributed by atoms with Crippen molar-refractivity contribution in [3.8, 4) is 0 Å². The predicted octanol–water partition coefficient (Wildman–Crippen LogP) is 1.18. The van der Waals surface area contributed by atoms with E-state index in [4.69, 9.17) is 10.0 Å². The van der Waals surface area contributed by atoms with E-state index in [1.54, 1.807) is 24.3 Å². The summed E-state index contributed by atoms with van der Waals surface area (Å²) in [5.41, 5.74) is 2.12. The van der Waals surface area contributed by atoms with Gasteiger partial charge in [-0.1, -0.05) is 54.6 Å². The second-order valence-corrected chi connectivity index (χ2v) is 4.40. The van der Waals surface area contributed by atoms with E-state index in [1.165, 1.54) is 0 Å². The summed E-state index contributed by atoms with van der Waals surface area (Å²) < 4.78 is 0. The van der Waals surface area contributed by atoms with Crippen molar-refractivity contribution in [1.82, 2.24) is 0 Å². The second kappa shape index (κ2) is 6.32. The van der Waals surface area contributed by atoms with Gasteiger partial charge in [0.05, 0.1) is 0 Å². The molecule has 0 aliphatic heterocycles. The van der Waals surface area contributed by atoms with Crippen LogP contribution >= 0.6 is 0 Å². The highest BCUT2D eigenvalue weighted by Crippen LogP contribution is 2.07. The van der Waals surface area contributed by atoms with Gasteiger partial charge in [0.1, 0.15) is 0 Å². The fraction of sp³-hybridized carbons (Fsp3) is 0.133. The van der Waals surface area contributed by atoms with Gasteiger partial charge in [0.25, 0.3) is 0 Å². The van der Waals surface area contributed by atoms with Gasteiger partial charge in [0.2, 0.25) is 0 Å². The number of benzene rings is 2. The molecule has 0 aromatic heterocycles. The first kappa shape index (κ1) is 13.5. The number of hydrogen-bond acceptors (Lipinski definition) is 3. The molecule has 0 heterocycles. The number of carbonyl (C=O) groups excluding carboxylic acids is 1. The molecule has 0 saturated heterocycles. The van der Waals surface area contributed by atoms with Crippen LogP contribution in [-0.2, 0) is 6.42 Å². The molecular weight excluding hydrogens is 239 g/mol. The van der Waals surface area contributed by atoms with Crippen LogP contribution < -0.4 is 5.46 Å². The van der Waals surface area contributed by atoms with E-state index in [0.29, 0.717) is 23.9 Å². The van der Waals surface area contributed by atoms with Gasteiger partial charge in [-0.25, -0.2) is 0 Å². The summed E-state index contributed by atoms with van der Waals surface area (Å²) in [6, 6.07) is 16.2. The highest BCUT2D eigenvalue weighted by molar-refractivity contribution is 6.58. The molecule has 0 aliphatic rings. The van der Waals surface area contributed by atoms with Crippen LogP contribution in [0.15, 0.2) is 54.6 Å². The van der Waals surface area contributed by atoms with Crippen molar-refractivity contribution in [3.63, 3.8) is 0 Å². The first-order chi connectivity index (χ1) is 9.16. The topological polar surface area (TPSA) is 57.5 Å². The average Bonchev–Trinajstić information content (AvgIpc) is 2.46. The molecule has 0 atom stereocenters. The maximum atomic E-state index is 12.0. The molecule has 0 aliphatic carbocycles. The molecule has 0 radical (unpaired) electrons. The Morgan fingerprint density at radius 2 is 1.58 bits per heavy atom. The quantitative estimate of drug-likeness (QED) is 0.622. The van der Waals surface area contributed by atoms with Crippen LogP contribution in [0.2, 0.25) is 0 Å². The lowest BCUT2D eigenvalue weighted by atomic mass is 9.80. The third-order valence-corrected chi connectivity index (χ3v) is 3.01. The van der Waals surface area contributed by atoms with Crippen LogP contribution in [0, 0.1) is 0 Å². The van der Waals surface area contributed by atoms with Crippen LogP contribution in [0.25, 0.3) is 0 Å². The van der Waals surface area contributed by atoms with E-state index in [-0.39, 0.29) is 5.78 Å². The van der Waals surface area contributed by atoms with E-state index >= 15 is 0 Å². The molecule has 0 spiro atoms. The van der Waals surface area contributed by atoms with Gasteiger partial charge in [0, 0.05) is 12.0 Å². The predicted molar refractivity (Wildman–Crippen MR) is 75.4 cm³/mol. The molecular formula is C15H15BO3. The summed E-state index contributed by atoms with van der Waals surface area (Å²) in [5.74, 6) is 0.0582. The molecule has 2 rings (SSSR count). The van der Waals surface area contributed by atoms with Crippen LogP contribution in [-0.4, -0.2) is 22.9 Å². The monoisotopic (exact) mass is 254 g/mol. The summed E-state index contributed by atoms with van der Waals surface area (Å²) in [6.07, 6.45) is 1.16. The second-order valence-electron chi connectivity index (χ2n) is 4.40. The first-order valence-corrected chi connectivity index (χ1v) is 6.20. The van der Waals surface area contributed by atoms with Crippen LogP contribution in [0.4, 0.5) is 0 Å². The third kappa shape index (κ3) is 3.78. The Balaban J connectivity index is 1.96. The van der Waals surface area contributed by atoms with Gasteiger partial charge in [-0.3, -0.25) is 4.79 Å². The zero-order chi connectivity index (χ0) is 13.7. The Hall–Kier alpha value is -1.91. The van der Waals surface area contributed by atoms with E-state index < -0.39 is 7.12 Å². The lowest BCUT2D eigenvalue weighted by molar-refractivity contribution is 0.0983.